The predicted molar refractivity (Wildman–Crippen MR) is 54.4 cm³/mol. The summed E-state index contributed by atoms with van der Waals surface area (Å²) >= 11 is 0. The van der Waals surface area contributed by atoms with Gasteiger partial charge >= 0.3 is 5.97 Å². The molecule has 0 fully saturated rings. The number of phenolic OH excluding ortho intramolecular Hbond substituents is 2. The number of carboxylic acids is 1. The van der Waals surface area contributed by atoms with Crippen molar-refractivity contribution in [3.05, 3.63) is 30.3 Å². The molecule has 0 spiro atoms. The van der Waals surface area contributed by atoms with Crippen LogP contribution in [-0.4, -0.2) is 27.3 Å². The Labute approximate surface area is 86.1 Å². The van der Waals surface area contributed by atoms with Crippen molar-refractivity contribution in [2.75, 3.05) is 0 Å². The lowest BCUT2D eigenvalue weighted by molar-refractivity contribution is -0.137. The van der Waals surface area contributed by atoms with Crippen LogP contribution in [-0.2, 0) is 4.79 Å². The van der Waals surface area contributed by atoms with Crippen LogP contribution in [0.25, 0.3) is 5.57 Å². The first-order valence-electron chi connectivity index (χ1n) is 4.13. The Balaban J connectivity index is 3.02. The molecule has 0 radical (unpaired) electrons. The molecular formula is C10H11NO4. The van der Waals surface area contributed by atoms with E-state index >= 15 is 0 Å². The average molecular weight is 209 g/mol. The standard InChI is InChI=1S/C10H11NO4/c1-5(9(11)10(14)15)6-2-3-7(12)8(13)4-6/h2-4,9,12-13H,1,11H2,(H,14,15). The molecule has 1 aromatic carbocycles. The molecule has 0 aromatic heterocycles. The Kier molecular flexibility index (Phi) is 2.96. The predicted octanol–water partition coefficient (Wildman–Crippen LogP) is 0.523. The second-order valence-electron chi connectivity index (χ2n) is 3.04. The van der Waals surface area contributed by atoms with Crippen LogP contribution >= 0.6 is 0 Å². The fourth-order valence-corrected chi connectivity index (χ4v) is 1.05. The van der Waals surface area contributed by atoms with Crippen LogP contribution in [0.3, 0.4) is 0 Å². The topological polar surface area (TPSA) is 104 Å². The lowest BCUT2D eigenvalue weighted by Crippen LogP contribution is -2.30. The summed E-state index contributed by atoms with van der Waals surface area (Å²) in [4.78, 5) is 10.6. The number of aliphatic carboxylic acids is 1. The highest BCUT2D eigenvalue weighted by Gasteiger charge is 2.17. The van der Waals surface area contributed by atoms with Gasteiger partial charge in [-0.05, 0) is 23.3 Å². The summed E-state index contributed by atoms with van der Waals surface area (Å²) in [6, 6.07) is 2.65. The fourth-order valence-electron chi connectivity index (χ4n) is 1.05. The summed E-state index contributed by atoms with van der Waals surface area (Å²) < 4.78 is 0. The molecular weight excluding hydrogens is 198 g/mol. The van der Waals surface area contributed by atoms with Crippen molar-refractivity contribution in [2.24, 2.45) is 5.73 Å². The van der Waals surface area contributed by atoms with E-state index < -0.39 is 12.0 Å². The van der Waals surface area contributed by atoms with Gasteiger partial charge in [-0.1, -0.05) is 12.6 Å². The molecule has 1 aromatic rings. The molecule has 5 heteroatoms. The lowest BCUT2D eigenvalue weighted by Gasteiger charge is -2.10. The van der Waals surface area contributed by atoms with Crippen LogP contribution in [0.15, 0.2) is 24.8 Å². The van der Waals surface area contributed by atoms with Crippen LogP contribution in [0.4, 0.5) is 0 Å². The van der Waals surface area contributed by atoms with Crippen LogP contribution in [0.2, 0.25) is 0 Å². The van der Waals surface area contributed by atoms with Gasteiger partial charge in [-0.3, -0.25) is 4.79 Å². The number of rotatable bonds is 3. The Morgan fingerprint density at radius 3 is 2.40 bits per heavy atom. The fraction of sp³-hybridized carbons (Fsp3) is 0.100. The van der Waals surface area contributed by atoms with E-state index in [-0.39, 0.29) is 17.1 Å². The van der Waals surface area contributed by atoms with Gasteiger partial charge in [0.1, 0.15) is 6.04 Å². The molecule has 1 rings (SSSR count). The van der Waals surface area contributed by atoms with Gasteiger partial charge in [-0.15, -0.1) is 0 Å². The first kappa shape index (κ1) is 11.1. The SMILES string of the molecule is C=C(c1ccc(O)c(O)c1)C(N)C(=O)O. The van der Waals surface area contributed by atoms with Gasteiger partial charge in [-0.25, -0.2) is 0 Å². The minimum Gasteiger partial charge on any atom is -0.504 e. The van der Waals surface area contributed by atoms with Gasteiger partial charge in [0.15, 0.2) is 11.5 Å². The van der Waals surface area contributed by atoms with Crippen molar-refractivity contribution in [2.45, 2.75) is 6.04 Å². The molecule has 0 aliphatic carbocycles. The van der Waals surface area contributed by atoms with Crippen molar-refractivity contribution in [1.29, 1.82) is 0 Å². The Morgan fingerprint density at radius 2 is 1.93 bits per heavy atom. The van der Waals surface area contributed by atoms with Gasteiger partial charge in [0, 0.05) is 0 Å². The number of phenols is 2. The second kappa shape index (κ2) is 4.02. The minimum atomic E-state index is -1.23. The molecule has 0 heterocycles. The first-order valence-corrected chi connectivity index (χ1v) is 4.13. The minimum absolute atomic E-state index is 0.165. The van der Waals surface area contributed by atoms with Gasteiger partial charge in [-0.2, -0.15) is 0 Å². The van der Waals surface area contributed by atoms with Crippen LogP contribution in [0.5, 0.6) is 11.5 Å². The normalized spacial score (nSPS) is 12.1. The lowest BCUT2D eigenvalue weighted by atomic mass is 10.0. The molecule has 1 atom stereocenters. The number of carbonyl (C=O) groups is 1. The van der Waals surface area contributed by atoms with Crippen molar-refractivity contribution in [3.63, 3.8) is 0 Å². The van der Waals surface area contributed by atoms with Crippen LogP contribution < -0.4 is 5.73 Å². The first-order chi connectivity index (χ1) is 6.93. The van der Waals surface area contributed by atoms with Crippen molar-refractivity contribution in [1.82, 2.24) is 0 Å². The molecule has 5 N–H and O–H groups in total. The van der Waals surface area contributed by atoms with Crippen molar-refractivity contribution >= 4 is 11.5 Å². The van der Waals surface area contributed by atoms with E-state index in [4.69, 9.17) is 15.9 Å². The molecule has 0 amide bonds. The molecule has 80 valence electrons. The largest absolute Gasteiger partial charge is 0.504 e. The summed E-state index contributed by atoms with van der Waals surface area (Å²) in [5.74, 6) is -1.82. The Hall–Kier alpha value is -2.01. The molecule has 0 aliphatic rings. The van der Waals surface area contributed by atoms with E-state index in [1.54, 1.807) is 0 Å². The number of nitrogens with two attached hydrogens (primary N) is 1. The summed E-state index contributed by atoms with van der Waals surface area (Å²) in [5.41, 5.74) is 5.88. The average Bonchev–Trinajstić information content (AvgIpc) is 2.19. The second-order valence-corrected chi connectivity index (χ2v) is 3.04. The summed E-state index contributed by atoms with van der Waals surface area (Å²) in [7, 11) is 0. The highest BCUT2D eigenvalue weighted by Crippen LogP contribution is 2.28. The monoisotopic (exact) mass is 209 g/mol. The van der Waals surface area contributed by atoms with Crippen LogP contribution in [0.1, 0.15) is 5.56 Å². The van der Waals surface area contributed by atoms with E-state index in [1.165, 1.54) is 18.2 Å². The quantitative estimate of drug-likeness (QED) is 0.543. The maximum Gasteiger partial charge on any atom is 0.325 e. The van der Waals surface area contributed by atoms with E-state index in [9.17, 15) is 9.90 Å². The Morgan fingerprint density at radius 1 is 1.33 bits per heavy atom. The maximum atomic E-state index is 10.6. The number of benzene rings is 1. The van der Waals surface area contributed by atoms with E-state index in [0.29, 0.717) is 5.56 Å². The van der Waals surface area contributed by atoms with Crippen molar-refractivity contribution in [3.8, 4) is 11.5 Å². The van der Waals surface area contributed by atoms with E-state index in [1.807, 2.05) is 0 Å². The van der Waals surface area contributed by atoms with Crippen molar-refractivity contribution < 1.29 is 20.1 Å². The number of aromatic hydroxyl groups is 2. The van der Waals surface area contributed by atoms with E-state index in [2.05, 4.69) is 6.58 Å². The highest BCUT2D eigenvalue weighted by molar-refractivity contribution is 5.90. The number of carboxylic acid groups (broad SMARTS) is 1. The van der Waals surface area contributed by atoms with E-state index in [0.717, 1.165) is 0 Å². The highest BCUT2D eigenvalue weighted by atomic mass is 16.4. The summed E-state index contributed by atoms with van der Waals surface area (Å²) in [6.45, 7) is 3.52. The molecule has 0 bridgehead atoms. The van der Waals surface area contributed by atoms with Gasteiger partial charge in [0.25, 0.3) is 0 Å². The number of hydrogen-bond acceptors (Lipinski definition) is 4. The molecule has 0 saturated heterocycles. The summed E-state index contributed by atoms with van der Waals surface area (Å²) in [5, 5.41) is 26.9. The smallest absolute Gasteiger partial charge is 0.325 e. The third-order valence-corrected chi connectivity index (χ3v) is 1.99. The third-order valence-electron chi connectivity index (χ3n) is 1.99. The van der Waals surface area contributed by atoms with Gasteiger partial charge < -0.3 is 21.1 Å². The molecule has 0 saturated carbocycles. The molecule has 0 aliphatic heterocycles. The Bertz CT molecular complexity index is 414. The molecule has 5 nitrogen and oxygen atoms in total. The van der Waals surface area contributed by atoms with Gasteiger partial charge in [0.2, 0.25) is 0 Å². The zero-order chi connectivity index (χ0) is 11.6. The summed E-state index contributed by atoms with van der Waals surface area (Å²) in [6.07, 6.45) is 0. The zero-order valence-electron chi connectivity index (χ0n) is 7.84. The molecule has 15 heavy (non-hydrogen) atoms. The maximum absolute atomic E-state index is 10.6. The van der Waals surface area contributed by atoms with Crippen LogP contribution in [0, 0.1) is 0 Å². The number of hydrogen-bond donors (Lipinski definition) is 4. The van der Waals surface area contributed by atoms with Gasteiger partial charge in [0.05, 0.1) is 0 Å². The third kappa shape index (κ3) is 2.26. The zero-order valence-corrected chi connectivity index (χ0v) is 7.84. The molecule has 1 unspecified atom stereocenters.